The van der Waals surface area contributed by atoms with Crippen molar-refractivity contribution in [3.63, 3.8) is 0 Å². The lowest BCUT2D eigenvalue weighted by molar-refractivity contribution is 0.0924. The third-order valence-electron chi connectivity index (χ3n) is 3.29. The molecule has 1 aliphatic carbocycles. The molecular weight excluding hydrogens is 228 g/mol. The largest absolute Gasteiger partial charge is 0.294 e. The first kappa shape index (κ1) is 11.2. The van der Waals surface area contributed by atoms with Gasteiger partial charge in [-0.3, -0.25) is 4.79 Å². The second kappa shape index (κ2) is 4.26. The number of thiophene rings is 1. The number of ketones is 1. The summed E-state index contributed by atoms with van der Waals surface area (Å²) in [4.78, 5) is 12.0. The van der Waals surface area contributed by atoms with E-state index < -0.39 is 0 Å². The van der Waals surface area contributed by atoms with Gasteiger partial charge in [-0.15, -0.1) is 11.3 Å². The zero-order valence-electron chi connectivity index (χ0n) is 8.88. The normalized spacial score (nSPS) is 19.3. The molecule has 0 atom stereocenters. The molecule has 0 spiro atoms. The summed E-state index contributed by atoms with van der Waals surface area (Å²) >= 11 is 7.26. The van der Waals surface area contributed by atoms with E-state index in [9.17, 15) is 4.79 Å². The van der Waals surface area contributed by atoms with Crippen molar-refractivity contribution >= 4 is 28.7 Å². The molecule has 1 aliphatic rings. The molecule has 0 unspecified atom stereocenters. The number of carbonyl (C=O) groups is 1. The average molecular weight is 243 g/mol. The molecule has 0 amide bonds. The van der Waals surface area contributed by atoms with E-state index in [-0.39, 0.29) is 11.2 Å². The van der Waals surface area contributed by atoms with Crippen LogP contribution in [0.4, 0.5) is 0 Å². The predicted molar refractivity (Wildman–Crippen MR) is 64.9 cm³/mol. The van der Waals surface area contributed by atoms with Gasteiger partial charge >= 0.3 is 0 Å². The number of carbonyl (C=O) groups excluding carboxylic acids is 1. The van der Waals surface area contributed by atoms with Gasteiger partial charge < -0.3 is 0 Å². The highest BCUT2D eigenvalue weighted by Gasteiger charge is 2.31. The zero-order valence-corrected chi connectivity index (χ0v) is 10.5. The van der Waals surface area contributed by atoms with Crippen molar-refractivity contribution in [2.45, 2.75) is 39.0 Å². The van der Waals surface area contributed by atoms with Crippen molar-refractivity contribution in [2.75, 3.05) is 0 Å². The third kappa shape index (κ3) is 2.61. The molecule has 1 aromatic heterocycles. The summed E-state index contributed by atoms with van der Waals surface area (Å²) in [6, 6.07) is 1.78. The summed E-state index contributed by atoms with van der Waals surface area (Å²) in [5.74, 6) is 0.252. The molecule has 3 heteroatoms. The molecule has 0 saturated heterocycles. The fraction of sp³-hybridized carbons (Fsp3) is 0.583. The Morgan fingerprint density at radius 2 is 2.20 bits per heavy atom. The van der Waals surface area contributed by atoms with Gasteiger partial charge in [0.25, 0.3) is 0 Å². The summed E-state index contributed by atoms with van der Waals surface area (Å²) < 4.78 is 0.704. The Kier molecular flexibility index (Phi) is 3.17. The molecule has 82 valence electrons. The fourth-order valence-electron chi connectivity index (χ4n) is 2.35. The van der Waals surface area contributed by atoms with Crippen LogP contribution in [0.5, 0.6) is 0 Å². The Morgan fingerprint density at radius 1 is 1.53 bits per heavy atom. The molecule has 15 heavy (non-hydrogen) atoms. The van der Waals surface area contributed by atoms with E-state index in [4.69, 9.17) is 11.6 Å². The van der Waals surface area contributed by atoms with E-state index in [0.29, 0.717) is 10.8 Å². The molecule has 1 saturated carbocycles. The number of hydrogen-bond acceptors (Lipinski definition) is 2. The molecule has 1 heterocycles. The SMILES string of the molecule is CC1(CC(=O)c2csc(Cl)c2)CCCC1. The zero-order chi connectivity index (χ0) is 10.9. The second-order valence-electron chi connectivity index (χ2n) is 4.76. The van der Waals surface area contributed by atoms with Gasteiger partial charge in [0, 0.05) is 17.4 Å². The third-order valence-corrected chi connectivity index (χ3v) is 4.38. The second-order valence-corrected chi connectivity index (χ2v) is 6.30. The number of hydrogen-bond donors (Lipinski definition) is 0. The summed E-state index contributed by atoms with van der Waals surface area (Å²) in [5.41, 5.74) is 1.03. The predicted octanol–water partition coefficient (Wildman–Crippen LogP) is 4.55. The minimum Gasteiger partial charge on any atom is -0.294 e. The van der Waals surface area contributed by atoms with Crippen molar-refractivity contribution in [1.82, 2.24) is 0 Å². The minimum absolute atomic E-state index is 0.242. The van der Waals surface area contributed by atoms with Crippen LogP contribution < -0.4 is 0 Å². The lowest BCUT2D eigenvalue weighted by Gasteiger charge is -2.21. The maximum atomic E-state index is 12.0. The van der Waals surface area contributed by atoms with E-state index in [1.54, 1.807) is 6.07 Å². The van der Waals surface area contributed by atoms with E-state index in [2.05, 4.69) is 6.92 Å². The first-order valence-corrected chi connectivity index (χ1v) is 6.62. The van der Waals surface area contributed by atoms with Crippen LogP contribution in [-0.4, -0.2) is 5.78 Å². The highest BCUT2D eigenvalue weighted by molar-refractivity contribution is 7.14. The molecular formula is C12H15ClOS. The summed E-state index contributed by atoms with van der Waals surface area (Å²) in [6.07, 6.45) is 5.61. The van der Waals surface area contributed by atoms with Gasteiger partial charge in [-0.2, -0.15) is 0 Å². The van der Waals surface area contributed by atoms with Crippen molar-refractivity contribution in [1.29, 1.82) is 0 Å². The highest BCUT2D eigenvalue weighted by Crippen LogP contribution is 2.41. The molecule has 0 radical (unpaired) electrons. The van der Waals surface area contributed by atoms with Crippen LogP contribution in [0, 0.1) is 5.41 Å². The summed E-state index contributed by atoms with van der Waals surface area (Å²) in [7, 11) is 0. The Morgan fingerprint density at radius 3 is 2.73 bits per heavy atom. The molecule has 1 fully saturated rings. The van der Waals surface area contributed by atoms with Crippen LogP contribution in [0.15, 0.2) is 11.4 Å². The molecule has 2 rings (SSSR count). The lowest BCUT2D eigenvalue weighted by atomic mass is 9.82. The van der Waals surface area contributed by atoms with Crippen molar-refractivity contribution in [2.24, 2.45) is 5.41 Å². The molecule has 0 aliphatic heterocycles. The smallest absolute Gasteiger partial charge is 0.164 e. The molecule has 0 bridgehead atoms. The van der Waals surface area contributed by atoms with Gasteiger partial charge in [0.15, 0.2) is 5.78 Å². The Balaban J connectivity index is 2.03. The Bertz CT molecular complexity index is 363. The molecule has 1 aromatic rings. The first-order valence-electron chi connectivity index (χ1n) is 5.36. The van der Waals surface area contributed by atoms with Gasteiger partial charge in [0.1, 0.15) is 0 Å². The van der Waals surface area contributed by atoms with E-state index in [0.717, 1.165) is 5.56 Å². The average Bonchev–Trinajstić information content (AvgIpc) is 2.75. The van der Waals surface area contributed by atoms with Gasteiger partial charge in [-0.25, -0.2) is 0 Å². The quantitative estimate of drug-likeness (QED) is 0.711. The molecule has 0 aromatic carbocycles. The summed E-state index contributed by atoms with van der Waals surface area (Å²) in [6.45, 7) is 2.23. The van der Waals surface area contributed by atoms with Gasteiger partial charge in [0.2, 0.25) is 0 Å². The van der Waals surface area contributed by atoms with Gasteiger partial charge in [0.05, 0.1) is 4.34 Å². The molecule has 1 nitrogen and oxygen atoms in total. The van der Waals surface area contributed by atoms with Crippen molar-refractivity contribution in [3.8, 4) is 0 Å². The minimum atomic E-state index is 0.242. The van der Waals surface area contributed by atoms with E-state index >= 15 is 0 Å². The van der Waals surface area contributed by atoms with Crippen molar-refractivity contribution in [3.05, 3.63) is 21.3 Å². The van der Waals surface area contributed by atoms with Crippen LogP contribution in [0.25, 0.3) is 0 Å². The maximum Gasteiger partial charge on any atom is 0.164 e. The van der Waals surface area contributed by atoms with E-state index in [1.165, 1.54) is 37.0 Å². The van der Waals surface area contributed by atoms with Gasteiger partial charge in [-0.05, 0) is 24.3 Å². The standard InChI is InChI=1S/C12H15ClOS/c1-12(4-2-3-5-12)7-10(14)9-6-11(13)15-8-9/h6,8H,2-5,7H2,1H3. The number of halogens is 1. The number of Topliss-reactive ketones (excluding diaryl/α,β-unsaturated/α-hetero) is 1. The first-order chi connectivity index (χ1) is 7.09. The van der Waals surface area contributed by atoms with E-state index in [1.807, 2.05) is 5.38 Å². The van der Waals surface area contributed by atoms with Crippen LogP contribution in [0.2, 0.25) is 4.34 Å². The monoisotopic (exact) mass is 242 g/mol. The molecule has 0 N–H and O–H groups in total. The fourth-order valence-corrected chi connectivity index (χ4v) is 3.24. The van der Waals surface area contributed by atoms with Crippen LogP contribution in [-0.2, 0) is 0 Å². The Labute approximate surface area is 99.5 Å². The Hall–Kier alpha value is -0.340. The highest BCUT2D eigenvalue weighted by atomic mass is 35.5. The lowest BCUT2D eigenvalue weighted by Crippen LogP contribution is -2.16. The maximum absolute atomic E-state index is 12.0. The van der Waals surface area contributed by atoms with Crippen molar-refractivity contribution < 1.29 is 4.79 Å². The van der Waals surface area contributed by atoms with Crippen LogP contribution in [0.1, 0.15) is 49.4 Å². The van der Waals surface area contributed by atoms with Gasteiger partial charge in [-0.1, -0.05) is 31.4 Å². The number of rotatable bonds is 3. The summed E-state index contributed by atoms with van der Waals surface area (Å²) in [5, 5.41) is 1.86. The topological polar surface area (TPSA) is 17.1 Å². The van der Waals surface area contributed by atoms with Crippen LogP contribution >= 0.6 is 22.9 Å². The van der Waals surface area contributed by atoms with Crippen LogP contribution in [0.3, 0.4) is 0 Å².